The highest BCUT2D eigenvalue weighted by molar-refractivity contribution is 5.23. The Morgan fingerprint density at radius 3 is 1.80 bits per heavy atom. The standard InChI is InChI=1S/C47H80O17/c1-20-30(51)33(54)36(57)40(60-20)62-25-19-59-39(35(56)32(25)53)63-28-13-15-45(7)27-11-10-26-44(6)14-12-21(43(4,5)64-41-37(58)34(55)31(52)24(18-48)61-41)29(44)22(49)16-46(26,8)47(27,9)17-23(50)38(45)42(28,2)3/h20-41,48-58H,10-19H2,1-9H3/t20-,21+,22+,23+,24-,25-,26+,27-,28+,29+,30-,31-,32+,33+,34+,35-,36-,37-,38+,39+,40+,41+,44-,45-,46+,47+/m0/s1. The van der Waals surface area contributed by atoms with E-state index in [1.807, 2.05) is 13.8 Å². The van der Waals surface area contributed by atoms with Crippen molar-refractivity contribution in [2.75, 3.05) is 13.2 Å². The molecule has 0 aromatic rings. The molecule has 8 fully saturated rings. The predicted octanol–water partition coefficient (Wildman–Crippen LogP) is 0.301. The SMILES string of the molecule is C[C@@H]1O[C@H](O[C@H]2CO[C@H](O[C@@H]3CC[C@]4(C)[C@H]([C@H](O)C[C@]5(C)[C@H]4CC[C@@H]4[C@]6(C)CC[C@@H](C(C)(C)O[C@H]7O[C@@H](CO)[C@H](O)[C@@H](O)[C@@H]7O)[C@@H]6[C@H](O)C[C@]45C)C3(C)C)[C@@H](O)[C@@H]2O)[C@@H](O)[C@H](O)[C@H]1O. The van der Waals surface area contributed by atoms with Gasteiger partial charge < -0.3 is 84.6 Å². The van der Waals surface area contributed by atoms with Crippen molar-refractivity contribution in [2.45, 2.75) is 224 Å². The molecule has 3 aliphatic heterocycles. The van der Waals surface area contributed by atoms with Crippen LogP contribution in [0.25, 0.3) is 0 Å². The van der Waals surface area contributed by atoms with Gasteiger partial charge in [-0.25, -0.2) is 0 Å². The van der Waals surface area contributed by atoms with Gasteiger partial charge in [-0.15, -0.1) is 0 Å². The van der Waals surface area contributed by atoms with Gasteiger partial charge in [0.2, 0.25) is 0 Å². The number of fused-ring (bicyclic) bond motifs is 7. The fraction of sp³-hybridized carbons (Fsp3) is 1.00. The Kier molecular flexibility index (Phi) is 13.2. The van der Waals surface area contributed by atoms with Crippen molar-refractivity contribution in [2.24, 2.45) is 56.7 Å². The molecule has 0 amide bonds. The molecule has 17 heteroatoms. The Hall–Kier alpha value is -0.680. The molecule has 64 heavy (non-hydrogen) atoms. The quantitative estimate of drug-likeness (QED) is 0.146. The lowest BCUT2D eigenvalue weighted by Gasteiger charge is -2.74. The van der Waals surface area contributed by atoms with Crippen LogP contribution in [0.4, 0.5) is 0 Å². The molecule has 11 N–H and O–H groups in total. The minimum Gasteiger partial charge on any atom is -0.394 e. The van der Waals surface area contributed by atoms with Gasteiger partial charge >= 0.3 is 0 Å². The zero-order chi connectivity index (χ0) is 47.0. The first-order valence-corrected chi connectivity index (χ1v) is 24.0. The highest BCUT2D eigenvalue weighted by Crippen LogP contribution is 2.78. The molecule has 5 saturated carbocycles. The minimum absolute atomic E-state index is 0.123. The third kappa shape index (κ3) is 7.43. The summed E-state index contributed by atoms with van der Waals surface area (Å²) in [6.07, 6.45) is -14.7. The number of aliphatic hydroxyl groups is 11. The van der Waals surface area contributed by atoms with Crippen molar-refractivity contribution in [1.82, 2.24) is 0 Å². The summed E-state index contributed by atoms with van der Waals surface area (Å²) in [5, 5.41) is 120. The molecule has 8 aliphatic rings. The van der Waals surface area contributed by atoms with Crippen LogP contribution < -0.4 is 0 Å². The Balaban J connectivity index is 0.964. The maximum Gasteiger partial charge on any atom is 0.187 e. The van der Waals surface area contributed by atoms with Crippen molar-refractivity contribution in [3.05, 3.63) is 0 Å². The highest BCUT2D eigenvalue weighted by atomic mass is 16.7. The Morgan fingerprint density at radius 2 is 1.16 bits per heavy atom. The van der Waals surface area contributed by atoms with Crippen LogP contribution in [0.2, 0.25) is 0 Å². The van der Waals surface area contributed by atoms with Gasteiger partial charge in [-0.2, -0.15) is 0 Å². The minimum atomic E-state index is -1.59. The molecule has 370 valence electrons. The largest absolute Gasteiger partial charge is 0.394 e. The molecule has 8 rings (SSSR count). The normalized spacial score (nSPS) is 57.6. The molecule has 0 unspecified atom stereocenters. The fourth-order valence-electron chi connectivity index (χ4n) is 16.5. The molecule has 3 saturated heterocycles. The Morgan fingerprint density at radius 1 is 0.594 bits per heavy atom. The van der Waals surface area contributed by atoms with Crippen LogP contribution >= 0.6 is 0 Å². The summed E-state index contributed by atoms with van der Waals surface area (Å²) in [7, 11) is 0. The van der Waals surface area contributed by atoms with Crippen LogP contribution in [0.1, 0.15) is 114 Å². The van der Waals surface area contributed by atoms with E-state index in [2.05, 4.69) is 41.5 Å². The van der Waals surface area contributed by atoms with Gasteiger partial charge in [0.25, 0.3) is 0 Å². The molecule has 17 nitrogen and oxygen atoms in total. The van der Waals surface area contributed by atoms with Gasteiger partial charge in [-0.1, -0.05) is 41.5 Å². The molecule has 0 spiro atoms. The van der Waals surface area contributed by atoms with E-state index < -0.39 is 122 Å². The van der Waals surface area contributed by atoms with Crippen molar-refractivity contribution < 1.29 is 84.6 Å². The monoisotopic (exact) mass is 917 g/mol. The van der Waals surface area contributed by atoms with Crippen molar-refractivity contribution in [3.8, 4) is 0 Å². The van der Waals surface area contributed by atoms with Gasteiger partial charge in [0.15, 0.2) is 18.9 Å². The topological polar surface area (TPSA) is 278 Å². The summed E-state index contributed by atoms with van der Waals surface area (Å²) in [4.78, 5) is 0. The second-order valence-electron chi connectivity index (χ2n) is 23.7. The van der Waals surface area contributed by atoms with E-state index in [9.17, 15) is 56.2 Å². The van der Waals surface area contributed by atoms with Crippen LogP contribution in [-0.4, -0.2) is 179 Å². The number of rotatable bonds is 8. The molecule has 26 atom stereocenters. The predicted molar refractivity (Wildman–Crippen MR) is 225 cm³/mol. The summed E-state index contributed by atoms with van der Waals surface area (Å²) < 4.78 is 36.1. The van der Waals surface area contributed by atoms with Crippen molar-refractivity contribution >= 4 is 0 Å². The maximum absolute atomic E-state index is 12.6. The average Bonchev–Trinajstić information content (AvgIpc) is 3.59. The molecule has 5 aliphatic carbocycles. The molecular weight excluding hydrogens is 837 g/mol. The van der Waals surface area contributed by atoms with E-state index in [1.165, 1.54) is 6.92 Å². The van der Waals surface area contributed by atoms with Crippen LogP contribution in [0, 0.1) is 56.7 Å². The zero-order valence-electron chi connectivity index (χ0n) is 39.1. The first-order valence-electron chi connectivity index (χ1n) is 24.0. The van der Waals surface area contributed by atoms with Crippen molar-refractivity contribution in [1.29, 1.82) is 0 Å². The second-order valence-corrected chi connectivity index (χ2v) is 23.7. The van der Waals surface area contributed by atoms with E-state index in [0.717, 1.165) is 32.1 Å². The summed E-state index contributed by atoms with van der Waals surface area (Å²) in [5.74, 6) is 0.0222. The molecule has 0 aromatic heterocycles. The van der Waals surface area contributed by atoms with E-state index in [-0.39, 0.29) is 57.9 Å². The van der Waals surface area contributed by atoms with Gasteiger partial charge in [-0.05, 0) is 129 Å². The third-order valence-corrected chi connectivity index (χ3v) is 19.7. The molecule has 3 heterocycles. The smallest absolute Gasteiger partial charge is 0.187 e. The van der Waals surface area contributed by atoms with Crippen molar-refractivity contribution in [3.63, 3.8) is 0 Å². The zero-order valence-corrected chi connectivity index (χ0v) is 39.1. The first kappa shape index (κ1) is 49.7. The number of ether oxygens (including phenoxy) is 6. The lowest BCUT2D eigenvalue weighted by molar-refractivity contribution is -0.352. The van der Waals surface area contributed by atoms with Crippen LogP contribution in [0.15, 0.2) is 0 Å². The molecule has 0 radical (unpaired) electrons. The van der Waals surface area contributed by atoms with E-state index in [4.69, 9.17) is 28.4 Å². The number of hydrogen-bond acceptors (Lipinski definition) is 17. The molecular formula is C47H80O17. The molecule has 0 aromatic carbocycles. The highest BCUT2D eigenvalue weighted by Gasteiger charge is 2.74. The summed E-state index contributed by atoms with van der Waals surface area (Å²) in [6, 6.07) is 0. The van der Waals surface area contributed by atoms with Gasteiger partial charge in [0.05, 0.1) is 43.2 Å². The number of hydrogen-bond donors (Lipinski definition) is 11. The first-order chi connectivity index (χ1) is 29.7. The fourth-order valence-corrected chi connectivity index (χ4v) is 16.5. The van der Waals surface area contributed by atoms with Gasteiger partial charge in [-0.3, -0.25) is 0 Å². The van der Waals surface area contributed by atoms with E-state index in [0.29, 0.717) is 19.3 Å². The van der Waals surface area contributed by atoms with Gasteiger partial charge in [0.1, 0.15) is 61.0 Å². The summed E-state index contributed by atoms with van der Waals surface area (Å²) >= 11 is 0. The average molecular weight is 917 g/mol. The van der Waals surface area contributed by atoms with Gasteiger partial charge in [0, 0.05) is 0 Å². The number of aliphatic hydroxyl groups excluding tert-OH is 11. The van der Waals surface area contributed by atoms with Crippen LogP contribution in [0.5, 0.6) is 0 Å². The maximum atomic E-state index is 12.6. The molecule has 0 bridgehead atoms. The summed E-state index contributed by atoms with van der Waals surface area (Å²) in [5.41, 5.74) is -2.72. The lowest BCUT2D eigenvalue weighted by Crippen LogP contribution is -2.71. The Labute approximate surface area is 377 Å². The third-order valence-electron chi connectivity index (χ3n) is 19.7. The second kappa shape index (κ2) is 17.0. The van der Waals surface area contributed by atoms with E-state index >= 15 is 0 Å². The Bertz CT molecular complexity index is 1670. The van der Waals surface area contributed by atoms with E-state index in [1.54, 1.807) is 0 Å². The lowest BCUT2D eigenvalue weighted by atomic mass is 9.31. The van der Waals surface area contributed by atoms with Crippen LogP contribution in [-0.2, 0) is 28.4 Å². The van der Waals surface area contributed by atoms with Crippen LogP contribution in [0.3, 0.4) is 0 Å². The summed E-state index contributed by atoms with van der Waals surface area (Å²) in [6.45, 7) is 18.2.